The van der Waals surface area contributed by atoms with Crippen LogP contribution in [0.5, 0.6) is 0 Å². The van der Waals surface area contributed by atoms with Crippen molar-refractivity contribution in [3.8, 4) is 0 Å². The van der Waals surface area contributed by atoms with Crippen molar-refractivity contribution in [2.24, 2.45) is 0 Å². The Labute approximate surface area is 83.5 Å². The molecular formula is C11H16N2O. The highest BCUT2D eigenvalue weighted by Gasteiger charge is 2.27. The number of hydrogen-bond acceptors (Lipinski definition) is 2. The van der Waals surface area contributed by atoms with E-state index in [0.717, 1.165) is 18.5 Å². The summed E-state index contributed by atoms with van der Waals surface area (Å²) in [6.45, 7) is 4.18. The molecule has 0 saturated heterocycles. The van der Waals surface area contributed by atoms with E-state index in [1.54, 1.807) is 0 Å². The summed E-state index contributed by atoms with van der Waals surface area (Å²) in [5, 5.41) is 0. The van der Waals surface area contributed by atoms with E-state index in [1.807, 2.05) is 10.6 Å². The number of rotatable bonds is 2. The molecule has 1 heterocycles. The molecule has 0 spiro atoms. The predicted molar refractivity (Wildman–Crippen MR) is 57.5 cm³/mol. The van der Waals surface area contributed by atoms with Gasteiger partial charge >= 0.3 is 0 Å². The van der Waals surface area contributed by atoms with Gasteiger partial charge in [-0.25, -0.2) is 0 Å². The molecule has 1 aliphatic carbocycles. The van der Waals surface area contributed by atoms with E-state index in [9.17, 15) is 4.79 Å². The Morgan fingerprint density at radius 3 is 2.57 bits per heavy atom. The minimum atomic E-state index is 0.0520. The van der Waals surface area contributed by atoms with E-state index >= 15 is 0 Å². The van der Waals surface area contributed by atoms with Crippen LogP contribution in [0, 0.1) is 0 Å². The third-order valence-corrected chi connectivity index (χ3v) is 2.62. The Kier molecular flexibility index (Phi) is 2.10. The van der Waals surface area contributed by atoms with Gasteiger partial charge in [0.15, 0.2) is 0 Å². The maximum Gasteiger partial charge on any atom is 0.253 e. The van der Waals surface area contributed by atoms with Gasteiger partial charge in [0.2, 0.25) is 0 Å². The van der Waals surface area contributed by atoms with Crippen molar-refractivity contribution in [1.82, 2.24) is 4.57 Å². The molecule has 0 aliphatic heterocycles. The first kappa shape index (κ1) is 9.31. The Bertz CT molecular complexity index is 402. The van der Waals surface area contributed by atoms with Gasteiger partial charge in [0.05, 0.1) is 0 Å². The average molecular weight is 192 g/mol. The van der Waals surface area contributed by atoms with Crippen LogP contribution in [0.3, 0.4) is 0 Å². The Balaban J connectivity index is 2.59. The summed E-state index contributed by atoms with van der Waals surface area (Å²) in [5.74, 6) is 0.354. The molecule has 1 aromatic rings. The third kappa shape index (κ3) is 1.54. The Morgan fingerprint density at radius 2 is 2.07 bits per heavy atom. The van der Waals surface area contributed by atoms with Crippen LogP contribution in [0.2, 0.25) is 0 Å². The summed E-state index contributed by atoms with van der Waals surface area (Å²) in [5.41, 5.74) is 7.37. The van der Waals surface area contributed by atoms with E-state index in [1.165, 1.54) is 6.07 Å². The van der Waals surface area contributed by atoms with Crippen molar-refractivity contribution in [3.63, 3.8) is 0 Å². The summed E-state index contributed by atoms with van der Waals surface area (Å²) in [6, 6.07) is 3.87. The van der Waals surface area contributed by atoms with E-state index in [0.29, 0.717) is 17.6 Å². The minimum Gasteiger partial charge on any atom is -0.399 e. The maximum atomic E-state index is 11.7. The maximum absolute atomic E-state index is 11.7. The molecule has 2 rings (SSSR count). The molecule has 14 heavy (non-hydrogen) atoms. The molecule has 0 radical (unpaired) electrons. The van der Waals surface area contributed by atoms with Crippen molar-refractivity contribution in [1.29, 1.82) is 0 Å². The molecule has 1 aromatic heterocycles. The molecular weight excluding hydrogens is 176 g/mol. The number of pyridine rings is 1. The lowest BCUT2D eigenvalue weighted by Gasteiger charge is -2.15. The summed E-state index contributed by atoms with van der Waals surface area (Å²) < 4.78 is 1.90. The first-order valence-corrected chi connectivity index (χ1v) is 5.11. The number of nitrogen functional groups attached to an aromatic ring is 1. The highest BCUT2D eigenvalue weighted by molar-refractivity contribution is 5.39. The fraction of sp³-hybridized carbons (Fsp3) is 0.545. The monoisotopic (exact) mass is 192 g/mol. The zero-order valence-corrected chi connectivity index (χ0v) is 8.66. The zero-order chi connectivity index (χ0) is 10.3. The number of anilines is 1. The molecule has 0 aromatic carbocycles. The minimum absolute atomic E-state index is 0.0520. The molecule has 0 unspecified atom stereocenters. The smallest absolute Gasteiger partial charge is 0.253 e. The molecule has 1 saturated carbocycles. The number of nitrogens with two attached hydrogens (primary N) is 1. The van der Waals surface area contributed by atoms with Crippen molar-refractivity contribution < 1.29 is 0 Å². The van der Waals surface area contributed by atoms with Crippen LogP contribution >= 0.6 is 0 Å². The molecule has 0 bridgehead atoms. The molecule has 76 valence electrons. The van der Waals surface area contributed by atoms with Crippen LogP contribution in [-0.4, -0.2) is 4.57 Å². The third-order valence-electron chi connectivity index (χ3n) is 2.62. The van der Waals surface area contributed by atoms with Crippen LogP contribution in [-0.2, 0) is 0 Å². The van der Waals surface area contributed by atoms with Crippen LogP contribution in [0.1, 0.15) is 44.3 Å². The molecule has 0 amide bonds. The summed E-state index contributed by atoms with van der Waals surface area (Å²) in [7, 11) is 0. The summed E-state index contributed by atoms with van der Waals surface area (Å²) >= 11 is 0. The SMILES string of the molecule is CC(C)c1cc(N)cc(=O)n1C1CC1. The number of nitrogens with zero attached hydrogens (tertiary/aromatic N) is 1. The van der Waals surface area contributed by atoms with Gasteiger partial charge in [0, 0.05) is 23.5 Å². The summed E-state index contributed by atoms with van der Waals surface area (Å²) in [6.07, 6.45) is 2.26. The lowest BCUT2D eigenvalue weighted by atomic mass is 10.1. The van der Waals surface area contributed by atoms with Crippen LogP contribution in [0.15, 0.2) is 16.9 Å². The van der Waals surface area contributed by atoms with E-state index in [2.05, 4.69) is 13.8 Å². The summed E-state index contributed by atoms with van der Waals surface area (Å²) in [4.78, 5) is 11.7. The van der Waals surface area contributed by atoms with Gasteiger partial charge in [-0.1, -0.05) is 13.8 Å². The lowest BCUT2D eigenvalue weighted by Crippen LogP contribution is -2.23. The Hall–Kier alpha value is -1.25. The van der Waals surface area contributed by atoms with Gasteiger partial charge in [-0.05, 0) is 24.8 Å². The first-order valence-electron chi connectivity index (χ1n) is 5.11. The van der Waals surface area contributed by atoms with Crippen molar-refractivity contribution in [2.45, 2.75) is 38.6 Å². The van der Waals surface area contributed by atoms with Crippen LogP contribution < -0.4 is 11.3 Å². The van der Waals surface area contributed by atoms with E-state index < -0.39 is 0 Å². The lowest BCUT2D eigenvalue weighted by molar-refractivity contribution is 0.627. The molecule has 1 aliphatic rings. The standard InChI is InChI=1S/C11H16N2O/c1-7(2)10-5-8(12)6-11(14)13(10)9-3-4-9/h5-7,9H,3-4,12H2,1-2H3. The molecule has 3 nitrogen and oxygen atoms in total. The van der Waals surface area contributed by atoms with Gasteiger partial charge < -0.3 is 10.3 Å². The number of hydrogen-bond donors (Lipinski definition) is 1. The second kappa shape index (κ2) is 3.15. The van der Waals surface area contributed by atoms with Crippen molar-refractivity contribution in [2.75, 3.05) is 5.73 Å². The zero-order valence-electron chi connectivity index (χ0n) is 8.66. The molecule has 0 atom stereocenters. The van der Waals surface area contributed by atoms with Gasteiger partial charge in [-0.15, -0.1) is 0 Å². The van der Waals surface area contributed by atoms with Crippen LogP contribution in [0.25, 0.3) is 0 Å². The second-order valence-electron chi connectivity index (χ2n) is 4.31. The van der Waals surface area contributed by atoms with Crippen LogP contribution in [0.4, 0.5) is 5.69 Å². The average Bonchev–Trinajstić information content (AvgIpc) is 2.85. The predicted octanol–water partition coefficient (Wildman–Crippen LogP) is 1.89. The first-order chi connectivity index (χ1) is 6.59. The highest BCUT2D eigenvalue weighted by Crippen LogP contribution is 2.36. The van der Waals surface area contributed by atoms with Gasteiger partial charge in [-0.3, -0.25) is 4.79 Å². The van der Waals surface area contributed by atoms with E-state index in [4.69, 9.17) is 5.73 Å². The van der Waals surface area contributed by atoms with Crippen molar-refractivity contribution in [3.05, 3.63) is 28.2 Å². The fourth-order valence-electron chi connectivity index (χ4n) is 1.79. The molecule has 3 heteroatoms. The Morgan fingerprint density at radius 1 is 1.43 bits per heavy atom. The highest BCUT2D eigenvalue weighted by atomic mass is 16.1. The molecule has 1 fully saturated rings. The largest absolute Gasteiger partial charge is 0.399 e. The topological polar surface area (TPSA) is 48.0 Å². The fourth-order valence-corrected chi connectivity index (χ4v) is 1.79. The normalized spacial score (nSPS) is 16.2. The van der Waals surface area contributed by atoms with Crippen molar-refractivity contribution >= 4 is 5.69 Å². The number of aromatic nitrogens is 1. The molecule has 2 N–H and O–H groups in total. The van der Waals surface area contributed by atoms with Gasteiger partial charge in [0.1, 0.15) is 0 Å². The van der Waals surface area contributed by atoms with E-state index in [-0.39, 0.29) is 5.56 Å². The van der Waals surface area contributed by atoms with Gasteiger partial charge in [0.25, 0.3) is 5.56 Å². The quantitative estimate of drug-likeness (QED) is 0.777. The van der Waals surface area contributed by atoms with Gasteiger partial charge in [-0.2, -0.15) is 0 Å². The second-order valence-corrected chi connectivity index (χ2v) is 4.31.